The van der Waals surface area contributed by atoms with Gasteiger partial charge in [-0.3, -0.25) is 9.69 Å². The van der Waals surface area contributed by atoms with Gasteiger partial charge in [0, 0.05) is 43.1 Å². The molecule has 2 N–H and O–H groups in total. The van der Waals surface area contributed by atoms with Crippen molar-refractivity contribution in [2.24, 2.45) is 0 Å². The first-order chi connectivity index (χ1) is 16.8. The van der Waals surface area contributed by atoms with Crippen molar-refractivity contribution >= 4 is 28.7 Å². The summed E-state index contributed by atoms with van der Waals surface area (Å²) < 4.78 is 5.65. The van der Waals surface area contributed by atoms with E-state index in [4.69, 9.17) is 4.74 Å². The van der Waals surface area contributed by atoms with Gasteiger partial charge in [-0.2, -0.15) is 0 Å². The van der Waals surface area contributed by atoms with Crippen LogP contribution in [-0.2, 0) is 11.2 Å². The van der Waals surface area contributed by atoms with Crippen molar-refractivity contribution in [2.45, 2.75) is 57.7 Å². The van der Waals surface area contributed by atoms with Crippen LogP contribution in [0.3, 0.4) is 0 Å². The lowest BCUT2D eigenvalue weighted by atomic mass is 10.1. The van der Waals surface area contributed by atoms with Crippen molar-refractivity contribution in [3.63, 3.8) is 0 Å². The minimum atomic E-state index is -0.476. The van der Waals surface area contributed by atoms with Gasteiger partial charge in [0.15, 0.2) is 0 Å². The Morgan fingerprint density at radius 1 is 1.11 bits per heavy atom. The number of anilines is 1. The van der Waals surface area contributed by atoms with E-state index in [0.29, 0.717) is 12.1 Å². The second kappa shape index (κ2) is 9.24. The fraction of sp³-hybridized carbons (Fsp3) is 0.444. The number of nitrogens with one attached hydrogen (secondary N) is 2. The molecule has 2 amide bonds. The molecule has 2 bridgehead atoms. The molecule has 0 unspecified atom stereocenters. The minimum absolute atomic E-state index is 0.115. The number of hydrogen-bond donors (Lipinski definition) is 2. The summed E-state index contributed by atoms with van der Waals surface area (Å²) in [4.78, 5) is 36.8. The van der Waals surface area contributed by atoms with Crippen LogP contribution in [0.2, 0.25) is 0 Å². The van der Waals surface area contributed by atoms with Crippen molar-refractivity contribution in [1.29, 1.82) is 0 Å². The Bertz CT molecular complexity index is 1200. The van der Waals surface area contributed by atoms with Crippen LogP contribution in [0.4, 0.5) is 10.5 Å². The van der Waals surface area contributed by atoms with Crippen LogP contribution in [0.1, 0.15) is 49.5 Å². The Kier molecular flexibility index (Phi) is 6.13. The first-order valence-corrected chi connectivity index (χ1v) is 12.3. The van der Waals surface area contributed by atoms with Crippen molar-refractivity contribution in [3.8, 4) is 0 Å². The molecule has 0 aliphatic carbocycles. The molecule has 3 aromatic rings. The summed E-state index contributed by atoms with van der Waals surface area (Å²) in [7, 11) is 0. The summed E-state index contributed by atoms with van der Waals surface area (Å²) in [6, 6.07) is 12.7. The van der Waals surface area contributed by atoms with Gasteiger partial charge in [-0.15, -0.1) is 0 Å². The molecule has 5 rings (SSSR count). The number of aromatic amines is 1. The third-order valence-corrected chi connectivity index (χ3v) is 6.75. The second-order valence-electron chi connectivity index (χ2n) is 10.5. The summed E-state index contributed by atoms with van der Waals surface area (Å²) in [5.74, 6) is -0.115. The van der Waals surface area contributed by atoms with Crippen LogP contribution in [0.5, 0.6) is 0 Å². The van der Waals surface area contributed by atoms with E-state index >= 15 is 0 Å². The number of H-pyrrole nitrogens is 1. The van der Waals surface area contributed by atoms with Crippen molar-refractivity contribution in [2.75, 3.05) is 24.5 Å². The third-order valence-electron chi connectivity index (χ3n) is 6.75. The zero-order valence-corrected chi connectivity index (χ0v) is 20.6. The lowest BCUT2D eigenvalue weighted by molar-refractivity contribution is 0.0123. The molecule has 184 valence electrons. The van der Waals surface area contributed by atoms with Crippen LogP contribution in [-0.4, -0.2) is 64.2 Å². The van der Waals surface area contributed by atoms with E-state index in [0.717, 1.165) is 43.4 Å². The number of nitrogens with zero attached hydrogens (tertiary/aromatic N) is 3. The number of piperazine rings is 1. The van der Waals surface area contributed by atoms with E-state index in [9.17, 15) is 9.59 Å². The molecule has 8 nitrogen and oxygen atoms in total. The maximum absolute atomic E-state index is 12.7. The highest BCUT2D eigenvalue weighted by atomic mass is 16.6. The first-order valence-electron chi connectivity index (χ1n) is 12.3. The van der Waals surface area contributed by atoms with E-state index in [1.165, 1.54) is 11.3 Å². The highest BCUT2D eigenvalue weighted by molar-refractivity contribution is 5.96. The van der Waals surface area contributed by atoms with Crippen LogP contribution in [0, 0.1) is 0 Å². The molecule has 2 aromatic heterocycles. The average molecular weight is 476 g/mol. The number of aromatic nitrogens is 2. The summed E-state index contributed by atoms with van der Waals surface area (Å²) in [5.41, 5.74) is 3.21. The van der Waals surface area contributed by atoms with Crippen LogP contribution < -0.4 is 10.2 Å². The molecule has 0 spiro atoms. The summed E-state index contributed by atoms with van der Waals surface area (Å²) in [6.45, 7) is 7.94. The highest BCUT2D eigenvalue weighted by Crippen LogP contribution is 2.34. The number of benzene rings is 1. The first kappa shape index (κ1) is 23.2. The van der Waals surface area contributed by atoms with E-state index in [1.54, 1.807) is 6.20 Å². The predicted molar refractivity (Wildman–Crippen MR) is 136 cm³/mol. The van der Waals surface area contributed by atoms with Gasteiger partial charge in [-0.1, -0.05) is 12.1 Å². The van der Waals surface area contributed by atoms with Gasteiger partial charge in [-0.25, -0.2) is 9.78 Å². The lowest BCUT2D eigenvalue weighted by Gasteiger charge is -2.42. The number of carbonyl (C=O) groups is 2. The number of rotatable bonds is 5. The fourth-order valence-electron chi connectivity index (χ4n) is 5.09. The average Bonchev–Trinajstić information content (AvgIpc) is 3.39. The number of amides is 2. The number of carbonyl (C=O) groups excluding carboxylic acids is 2. The van der Waals surface area contributed by atoms with Gasteiger partial charge >= 0.3 is 6.09 Å². The number of pyridine rings is 1. The van der Waals surface area contributed by atoms with E-state index in [2.05, 4.69) is 44.5 Å². The van der Waals surface area contributed by atoms with Gasteiger partial charge in [0.1, 0.15) is 11.2 Å². The largest absolute Gasteiger partial charge is 0.444 e. The monoisotopic (exact) mass is 475 g/mol. The molecule has 35 heavy (non-hydrogen) atoms. The maximum atomic E-state index is 12.7. The third kappa shape index (κ3) is 5.11. The van der Waals surface area contributed by atoms with Crippen molar-refractivity contribution in [1.82, 2.24) is 20.2 Å². The number of fused-ring (bicyclic) bond motifs is 3. The molecule has 2 fully saturated rings. The Hall–Kier alpha value is -3.55. The summed E-state index contributed by atoms with van der Waals surface area (Å²) >= 11 is 0. The molecule has 4 heterocycles. The molecule has 0 radical (unpaired) electrons. The summed E-state index contributed by atoms with van der Waals surface area (Å²) in [6.07, 6.45) is 6.01. The Morgan fingerprint density at radius 2 is 1.83 bits per heavy atom. The molecule has 1 aromatic carbocycles. The lowest BCUT2D eigenvalue weighted by Crippen LogP contribution is -2.56. The smallest absolute Gasteiger partial charge is 0.410 e. The SMILES string of the molecule is CC(C)(C)OC(=O)N1[C@@H]2CC[C@H]1CN(c1ccc(CCNC(=O)c3cnc4[nH]ccc4c3)cc1)C2. The second-order valence-corrected chi connectivity index (χ2v) is 10.5. The van der Waals surface area contributed by atoms with Crippen molar-refractivity contribution in [3.05, 3.63) is 59.9 Å². The Morgan fingerprint density at radius 3 is 2.51 bits per heavy atom. The van der Waals surface area contributed by atoms with Crippen molar-refractivity contribution < 1.29 is 14.3 Å². The topological polar surface area (TPSA) is 90.6 Å². The Labute approximate surface area is 205 Å². The molecule has 2 saturated heterocycles. The molecule has 0 saturated carbocycles. The molecule has 2 atom stereocenters. The zero-order chi connectivity index (χ0) is 24.6. The van der Waals surface area contributed by atoms with E-state index < -0.39 is 5.60 Å². The van der Waals surface area contributed by atoms with Gasteiger partial charge < -0.3 is 19.9 Å². The molecule has 2 aliphatic rings. The van der Waals surface area contributed by atoms with Gasteiger partial charge in [0.25, 0.3) is 5.91 Å². The van der Waals surface area contributed by atoms with E-state index in [-0.39, 0.29) is 24.1 Å². The standard InChI is InChI=1S/C27H33N5O3/c1-27(2,3)35-26(34)32-22-8-9-23(32)17-31(16-22)21-6-4-18(5-7-21)10-12-29-25(33)20-14-19-11-13-28-24(19)30-15-20/h4-7,11,13-15,22-23H,8-10,12,16-17H2,1-3H3,(H,28,30)(H,29,33)/t22-,23+. The number of hydrogen-bond acceptors (Lipinski definition) is 5. The highest BCUT2D eigenvalue weighted by Gasteiger charge is 2.44. The minimum Gasteiger partial charge on any atom is -0.444 e. The molecule has 2 aliphatic heterocycles. The fourth-order valence-corrected chi connectivity index (χ4v) is 5.09. The normalized spacial score (nSPS) is 19.7. The zero-order valence-electron chi connectivity index (χ0n) is 20.6. The molecule has 8 heteroatoms. The quantitative estimate of drug-likeness (QED) is 0.579. The van der Waals surface area contributed by atoms with E-state index in [1.807, 2.05) is 44.0 Å². The van der Waals surface area contributed by atoms with Gasteiger partial charge in [-0.05, 0) is 69.9 Å². The predicted octanol–water partition coefficient (Wildman–Crippen LogP) is 4.12. The van der Waals surface area contributed by atoms with Crippen LogP contribution in [0.15, 0.2) is 48.8 Å². The van der Waals surface area contributed by atoms with Gasteiger partial charge in [0.05, 0.1) is 17.6 Å². The number of ether oxygens (including phenoxy) is 1. The molecular weight excluding hydrogens is 442 g/mol. The Balaban J connectivity index is 1.13. The van der Waals surface area contributed by atoms with Crippen LogP contribution in [0.25, 0.3) is 11.0 Å². The van der Waals surface area contributed by atoms with Crippen LogP contribution >= 0.6 is 0 Å². The molecular formula is C27H33N5O3. The maximum Gasteiger partial charge on any atom is 0.410 e. The summed E-state index contributed by atoms with van der Waals surface area (Å²) in [5, 5.41) is 3.91. The van der Waals surface area contributed by atoms with Gasteiger partial charge in [0.2, 0.25) is 0 Å².